The first-order chi connectivity index (χ1) is 13.0. The number of hydrogen-bond donors (Lipinski definition) is 1. The maximum absolute atomic E-state index is 12.8. The molecule has 1 aliphatic rings. The van der Waals surface area contributed by atoms with E-state index in [1.807, 2.05) is 60.8 Å². The first-order valence-corrected chi connectivity index (χ1v) is 10.9. The van der Waals surface area contributed by atoms with E-state index in [0.717, 1.165) is 22.0 Å². The fourth-order valence-electron chi connectivity index (χ4n) is 3.79. The summed E-state index contributed by atoms with van der Waals surface area (Å²) in [5, 5.41) is 0.500. The summed E-state index contributed by atoms with van der Waals surface area (Å²) in [4.78, 5) is 17.7. The molecular formula is C21H22N2O3S. The van der Waals surface area contributed by atoms with Gasteiger partial charge in [0.25, 0.3) is 0 Å². The lowest BCUT2D eigenvalue weighted by molar-refractivity contribution is -0.130. The second-order valence-corrected chi connectivity index (χ2v) is 9.28. The van der Waals surface area contributed by atoms with Gasteiger partial charge in [0.05, 0.1) is 17.4 Å². The van der Waals surface area contributed by atoms with E-state index < -0.39 is 15.1 Å². The molecule has 140 valence electrons. The zero-order valence-corrected chi connectivity index (χ0v) is 15.8. The highest BCUT2D eigenvalue weighted by atomic mass is 32.2. The van der Waals surface area contributed by atoms with Gasteiger partial charge in [-0.05, 0) is 23.6 Å². The molecule has 0 radical (unpaired) electrons. The van der Waals surface area contributed by atoms with Crippen molar-refractivity contribution in [3.8, 4) is 0 Å². The predicted molar refractivity (Wildman–Crippen MR) is 106 cm³/mol. The van der Waals surface area contributed by atoms with Gasteiger partial charge in [0.2, 0.25) is 5.91 Å². The summed E-state index contributed by atoms with van der Waals surface area (Å²) in [6.45, 7) is 0.715. The Morgan fingerprint density at radius 2 is 1.78 bits per heavy atom. The molecule has 0 unspecified atom stereocenters. The van der Waals surface area contributed by atoms with Gasteiger partial charge in [0, 0.05) is 30.2 Å². The maximum Gasteiger partial charge on any atom is 0.227 e. The van der Waals surface area contributed by atoms with Crippen LogP contribution in [0.1, 0.15) is 22.8 Å². The smallest absolute Gasteiger partial charge is 0.227 e. The lowest BCUT2D eigenvalue weighted by Gasteiger charge is -2.20. The number of aromatic amines is 1. The van der Waals surface area contributed by atoms with Gasteiger partial charge in [-0.2, -0.15) is 0 Å². The number of amides is 1. The third kappa shape index (κ3) is 3.62. The van der Waals surface area contributed by atoms with E-state index in [1.165, 1.54) is 0 Å². The highest BCUT2D eigenvalue weighted by molar-refractivity contribution is 7.91. The van der Waals surface area contributed by atoms with Gasteiger partial charge in [-0.25, -0.2) is 8.42 Å². The number of benzene rings is 2. The van der Waals surface area contributed by atoms with Crippen molar-refractivity contribution in [3.63, 3.8) is 0 Å². The number of nitrogens with one attached hydrogen (secondary N) is 1. The van der Waals surface area contributed by atoms with Crippen molar-refractivity contribution in [1.29, 1.82) is 0 Å². The standard InChI is InChI=1S/C21H22N2O3S/c24-21(14-17-15-22-19-9-5-4-8-18(17)19)23-11-10-20(27(25,26)13-12-23)16-6-2-1-3-7-16/h1-9,15,20,22H,10-14H2/t20-/m1/s1. The molecule has 2 heterocycles. The normalized spacial score (nSPS) is 19.7. The van der Waals surface area contributed by atoms with Crippen LogP contribution in [0, 0.1) is 0 Å². The molecule has 5 nitrogen and oxygen atoms in total. The average Bonchev–Trinajstić information content (AvgIpc) is 3.00. The van der Waals surface area contributed by atoms with Crippen LogP contribution in [0.2, 0.25) is 0 Å². The van der Waals surface area contributed by atoms with E-state index in [-0.39, 0.29) is 24.6 Å². The van der Waals surface area contributed by atoms with Gasteiger partial charge in [0.15, 0.2) is 9.84 Å². The van der Waals surface area contributed by atoms with Crippen LogP contribution >= 0.6 is 0 Å². The van der Waals surface area contributed by atoms with E-state index in [9.17, 15) is 13.2 Å². The average molecular weight is 382 g/mol. The molecule has 0 bridgehead atoms. The molecule has 1 amide bonds. The highest BCUT2D eigenvalue weighted by Crippen LogP contribution is 2.29. The molecule has 4 rings (SSSR count). The molecule has 1 N–H and O–H groups in total. The van der Waals surface area contributed by atoms with Gasteiger partial charge in [-0.1, -0.05) is 48.5 Å². The Morgan fingerprint density at radius 1 is 1.04 bits per heavy atom. The monoisotopic (exact) mass is 382 g/mol. The number of fused-ring (bicyclic) bond motifs is 1. The van der Waals surface area contributed by atoms with Crippen molar-refractivity contribution in [2.45, 2.75) is 18.1 Å². The Labute approximate surface area is 158 Å². The van der Waals surface area contributed by atoms with Crippen LogP contribution in [-0.4, -0.2) is 43.1 Å². The summed E-state index contributed by atoms with van der Waals surface area (Å²) in [7, 11) is -3.28. The van der Waals surface area contributed by atoms with Crippen LogP contribution in [0.5, 0.6) is 0 Å². The van der Waals surface area contributed by atoms with Crippen LogP contribution < -0.4 is 0 Å². The van der Waals surface area contributed by atoms with E-state index in [0.29, 0.717) is 13.0 Å². The number of para-hydroxylation sites is 1. The van der Waals surface area contributed by atoms with Crippen LogP contribution in [0.4, 0.5) is 0 Å². The predicted octanol–water partition coefficient (Wildman–Crippen LogP) is 3.10. The number of carbonyl (C=O) groups is 1. The number of hydrogen-bond acceptors (Lipinski definition) is 3. The zero-order valence-electron chi connectivity index (χ0n) is 15.0. The van der Waals surface area contributed by atoms with Crippen molar-refractivity contribution < 1.29 is 13.2 Å². The molecule has 2 aromatic carbocycles. The first-order valence-electron chi connectivity index (χ1n) is 9.14. The molecule has 0 saturated carbocycles. The lowest BCUT2D eigenvalue weighted by Crippen LogP contribution is -2.34. The molecule has 1 fully saturated rings. The molecule has 1 saturated heterocycles. The van der Waals surface area contributed by atoms with Crippen molar-refractivity contribution in [2.75, 3.05) is 18.8 Å². The molecule has 1 aromatic heterocycles. The maximum atomic E-state index is 12.8. The molecule has 3 aromatic rings. The van der Waals surface area contributed by atoms with Crippen molar-refractivity contribution in [1.82, 2.24) is 9.88 Å². The van der Waals surface area contributed by atoms with Crippen molar-refractivity contribution >= 4 is 26.6 Å². The number of aromatic nitrogens is 1. The minimum atomic E-state index is -3.28. The summed E-state index contributed by atoms with van der Waals surface area (Å²) in [6.07, 6.45) is 2.58. The van der Waals surface area contributed by atoms with E-state index in [2.05, 4.69) is 4.98 Å². The summed E-state index contributed by atoms with van der Waals surface area (Å²) < 4.78 is 25.4. The minimum absolute atomic E-state index is 0.00614. The van der Waals surface area contributed by atoms with Gasteiger partial charge in [0.1, 0.15) is 0 Å². The van der Waals surface area contributed by atoms with Gasteiger partial charge in [-0.3, -0.25) is 4.79 Å². The fourth-order valence-corrected chi connectivity index (χ4v) is 5.58. The fraction of sp³-hybridized carbons (Fsp3) is 0.286. The van der Waals surface area contributed by atoms with E-state index >= 15 is 0 Å². The zero-order chi connectivity index (χ0) is 18.9. The molecular weight excluding hydrogens is 360 g/mol. The first kappa shape index (κ1) is 17.8. The van der Waals surface area contributed by atoms with Crippen LogP contribution in [-0.2, 0) is 21.1 Å². The quantitative estimate of drug-likeness (QED) is 0.757. The van der Waals surface area contributed by atoms with Crippen LogP contribution in [0.3, 0.4) is 0 Å². The molecule has 0 aliphatic carbocycles. The molecule has 1 aliphatic heterocycles. The molecule has 0 spiro atoms. The van der Waals surface area contributed by atoms with Crippen LogP contribution in [0.25, 0.3) is 10.9 Å². The summed E-state index contributed by atoms with van der Waals surface area (Å²) in [5.41, 5.74) is 2.76. The summed E-state index contributed by atoms with van der Waals surface area (Å²) in [6, 6.07) is 17.2. The topological polar surface area (TPSA) is 70.2 Å². The molecule has 27 heavy (non-hydrogen) atoms. The number of nitrogens with zero attached hydrogens (tertiary/aromatic N) is 1. The molecule has 1 atom stereocenters. The summed E-state index contributed by atoms with van der Waals surface area (Å²) >= 11 is 0. The Balaban J connectivity index is 1.51. The SMILES string of the molecule is O=C(Cc1c[nH]c2ccccc12)N1CC[C@H](c2ccccc2)S(=O)(=O)CC1. The highest BCUT2D eigenvalue weighted by Gasteiger charge is 2.32. The van der Waals surface area contributed by atoms with Gasteiger partial charge in [-0.15, -0.1) is 0 Å². The summed E-state index contributed by atoms with van der Waals surface area (Å²) in [5.74, 6) is -0.0182. The Hall–Kier alpha value is -2.60. The second-order valence-electron chi connectivity index (χ2n) is 6.97. The van der Waals surface area contributed by atoms with Crippen molar-refractivity contribution in [2.24, 2.45) is 0 Å². The van der Waals surface area contributed by atoms with Crippen LogP contribution in [0.15, 0.2) is 60.8 Å². The minimum Gasteiger partial charge on any atom is -0.361 e. The van der Waals surface area contributed by atoms with E-state index in [1.54, 1.807) is 4.90 Å². The largest absolute Gasteiger partial charge is 0.361 e. The molecule has 6 heteroatoms. The van der Waals surface area contributed by atoms with Gasteiger partial charge >= 0.3 is 0 Å². The number of carbonyl (C=O) groups excluding carboxylic acids is 1. The third-order valence-electron chi connectivity index (χ3n) is 5.28. The van der Waals surface area contributed by atoms with E-state index in [4.69, 9.17) is 0 Å². The second kappa shape index (κ2) is 7.19. The Kier molecular flexibility index (Phi) is 4.74. The number of rotatable bonds is 3. The van der Waals surface area contributed by atoms with Crippen molar-refractivity contribution in [3.05, 3.63) is 71.9 Å². The number of sulfone groups is 1. The Bertz CT molecular complexity index is 1060. The third-order valence-corrected chi connectivity index (χ3v) is 7.41. The Morgan fingerprint density at radius 3 is 2.59 bits per heavy atom. The lowest BCUT2D eigenvalue weighted by atomic mass is 10.1. The number of H-pyrrole nitrogens is 1. The van der Waals surface area contributed by atoms with Gasteiger partial charge < -0.3 is 9.88 Å².